The molecule has 0 radical (unpaired) electrons. The number of aliphatic hydroxyl groups excluding tert-OH is 2. The minimum atomic E-state index is -0.108. The third-order valence-corrected chi connectivity index (χ3v) is 3.84. The van der Waals surface area contributed by atoms with Gasteiger partial charge in [0.15, 0.2) is 0 Å². The standard InChI is InChI=1S/C16H18ClNO3/c17-15-10-13(7-6-12(15)4-1-2-9-19)16(21)18-8-3-5-14(18)11-20/h6-7,10,14,19-20H,2-3,5,8-9,11H2. The van der Waals surface area contributed by atoms with E-state index < -0.39 is 0 Å². The number of benzene rings is 1. The molecule has 1 fully saturated rings. The zero-order valence-corrected chi connectivity index (χ0v) is 12.4. The van der Waals surface area contributed by atoms with Crippen molar-refractivity contribution in [1.29, 1.82) is 0 Å². The van der Waals surface area contributed by atoms with Crippen molar-refractivity contribution in [2.75, 3.05) is 19.8 Å². The molecule has 0 bridgehead atoms. The summed E-state index contributed by atoms with van der Waals surface area (Å²) in [5.41, 5.74) is 1.15. The van der Waals surface area contributed by atoms with E-state index in [1.54, 1.807) is 23.1 Å². The van der Waals surface area contributed by atoms with Crippen LogP contribution in [0.4, 0.5) is 0 Å². The topological polar surface area (TPSA) is 60.8 Å². The van der Waals surface area contributed by atoms with Gasteiger partial charge in [-0.3, -0.25) is 4.79 Å². The van der Waals surface area contributed by atoms with Crippen molar-refractivity contribution in [1.82, 2.24) is 4.90 Å². The number of likely N-dealkylation sites (tertiary alicyclic amines) is 1. The number of amides is 1. The van der Waals surface area contributed by atoms with Crippen LogP contribution in [0.1, 0.15) is 35.2 Å². The van der Waals surface area contributed by atoms with Gasteiger partial charge in [-0.2, -0.15) is 0 Å². The zero-order chi connectivity index (χ0) is 15.2. The van der Waals surface area contributed by atoms with Crippen LogP contribution in [-0.4, -0.2) is 46.8 Å². The summed E-state index contributed by atoms with van der Waals surface area (Å²) in [5.74, 6) is 5.55. The summed E-state index contributed by atoms with van der Waals surface area (Å²) in [6.07, 6.45) is 2.14. The summed E-state index contributed by atoms with van der Waals surface area (Å²) < 4.78 is 0. The Kier molecular flexibility index (Phi) is 5.63. The van der Waals surface area contributed by atoms with Crippen molar-refractivity contribution in [3.8, 4) is 11.8 Å². The summed E-state index contributed by atoms with van der Waals surface area (Å²) in [5, 5.41) is 18.4. The molecule has 5 heteroatoms. The van der Waals surface area contributed by atoms with E-state index in [0.717, 1.165) is 12.8 Å². The fourth-order valence-electron chi connectivity index (χ4n) is 2.42. The Hall–Kier alpha value is -1.54. The average Bonchev–Trinajstić information content (AvgIpc) is 2.96. The van der Waals surface area contributed by atoms with Crippen LogP contribution in [0.2, 0.25) is 5.02 Å². The number of rotatable bonds is 3. The van der Waals surface area contributed by atoms with Crippen LogP contribution in [0.15, 0.2) is 18.2 Å². The molecule has 2 rings (SSSR count). The van der Waals surface area contributed by atoms with E-state index in [1.807, 2.05) is 0 Å². The molecule has 1 amide bonds. The van der Waals surface area contributed by atoms with Gasteiger partial charge in [-0.25, -0.2) is 0 Å². The summed E-state index contributed by atoms with van der Waals surface area (Å²) in [4.78, 5) is 14.1. The van der Waals surface area contributed by atoms with E-state index in [9.17, 15) is 9.90 Å². The van der Waals surface area contributed by atoms with Gasteiger partial charge < -0.3 is 15.1 Å². The molecular formula is C16H18ClNO3. The molecule has 1 aromatic rings. The van der Waals surface area contributed by atoms with Gasteiger partial charge >= 0.3 is 0 Å². The number of hydrogen-bond acceptors (Lipinski definition) is 3. The van der Waals surface area contributed by atoms with E-state index in [4.69, 9.17) is 16.7 Å². The van der Waals surface area contributed by atoms with Crippen molar-refractivity contribution in [2.45, 2.75) is 25.3 Å². The van der Waals surface area contributed by atoms with Crippen LogP contribution in [0.25, 0.3) is 0 Å². The number of hydrogen-bond donors (Lipinski definition) is 2. The Labute approximate surface area is 129 Å². The third kappa shape index (κ3) is 3.76. The fraction of sp³-hybridized carbons (Fsp3) is 0.438. The number of carbonyl (C=O) groups excluding carboxylic acids is 1. The first kappa shape index (κ1) is 15.8. The van der Waals surface area contributed by atoms with Gasteiger partial charge in [-0.15, -0.1) is 0 Å². The number of halogens is 1. The van der Waals surface area contributed by atoms with Crippen LogP contribution in [-0.2, 0) is 0 Å². The maximum Gasteiger partial charge on any atom is 0.254 e. The molecule has 0 aliphatic carbocycles. The minimum Gasteiger partial charge on any atom is -0.395 e. The molecule has 0 saturated carbocycles. The van der Waals surface area contributed by atoms with Gasteiger partial charge in [0.2, 0.25) is 0 Å². The van der Waals surface area contributed by atoms with Gasteiger partial charge in [0.1, 0.15) is 0 Å². The van der Waals surface area contributed by atoms with E-state index >= 15 is 0 Å². The van der Waals surface area contributed by atoms with Crippen LogP contribution < -0.4 is 0 Å². The Morgan fingerprint density at radius 2 is 2.24 bits per heavy atom. The average molecular weight is 308 g/mol. The molecule has 21 heavy (non-hydrogen) atoms. The third-order valence-electron chi connectivity index (χ3n) is 3.52. The van der Waals surface area contributed by atoms with Crippen molar-refractivity contribution < 1.29 is 15.0 Å². The monoisotopic (exact) mass is 307 g/mol. The number of carbonyl (C=O) groups is 1. The molecule has 1 heterocycles. The Morgan fingerprint density at radius 1 is 1.43 bits per heavy atom. The molecule has 2 N–H and O–H groups in total. The predicted molar refractivity (Wildman–Crippen MR) is 81.2 cm³/mol. The Bertz CT molecular complexity index is 577. The second-order valence-corrected chi connectivity index (χ2v) is 5.35. The quantitative estimate of drug-likeness (QED) is 0.835. The first-order valence-electron chi connectivity index (χ1n) is 6.98. The van der Waals surface area contributed by atoms with Gasteiger partial charge in [0.25, 0.3) is 5.91 Å². The van der Waals surface area contributed by atoms with Crippen LogP contribution >= 0.6 is 11.6 Å². The molecule has 1 atom stereocenters. The van der Waals surface area contributed by atoms with Gasteiger partial charge in [0.05, 0.1) is 24.3 Å². The fourth-order valence-corrected chi connectivity index (χ4v) is 2.65. The maximum atomic E-state index is 12.4. The van der Waals surface area contributed by atoms with Crippen LogP contribution in [0, 0.1) is 11.8 Å². The molecule has 1 aliphatic rings. The first-order valence-corrected chi connectivity index (χ1v) is 7.36. The van der Waals surface area contributed by atoms with Gasteiger partial charge in [-0.05, 0) is 31.0 Å². The van der Waals surface area contributed by atoms with Gasteiger partial charge in [-0.1, -0.05) is 23.4 Å². The van der Waals surface area contributed by atoms with E-state index in [0.29, 0.717) is 29.1 Å². The van der Waals surface area contributed by atoms with E-state index in [1.165, 1.54) is 0 Å². The molecule has 1 saturated heterocycles. The van der Waals surface area contributed by atoms with Crippen LogP contribution in [0.3, 0.4) is 0 Å². The minimum absolute atomic E-state index is 0.00973. The zero-order valence-electron chi connectivity index (χ0n) is 11.7. The summed E-state index contributed by atoms with van der Waals surface area (Å²) in [6, 6.07) is 4.92. The number of nitrogens with zero attached hydrogens (tertiary/aromatic N) is 1. The highest BCUT2D eigenvalue weighted by Crippen LogP contribution is 2.23. The Balaban J connectivity index is 2.16. The lowest BCUT2D eigenvalue weighted by Crippen LogP contribution is -2.37. The molecule has 0 spiro atoms. The molecular weight excluding hydrogens is 290 g/mol. The molecule has 1 unspecified atom stereocenters. The highest BCUT2D eigenvalue weighted by atomic mass is 35.5. The lowest BCUT2D eigenvalue weighted by Gasteiger charge is -2.23. The van der Waals surface area contributed by atoms with Crippen molar-refractivity contribution >= 4 is 17.5 Å². The second kappa shape index (κ2) is 7.46. The SMILES string of the molecule is O=C(c1ccc(C#CCCO)c(Cl)c1)N1CCCC1CO. The van der Waals surface area contributed by atoms with Crippen molar-refractivity contribution in [3.63, 3.8) is 0 Å². The number of aliphatic hydroxyl groups is 2. The van der Waals surface area contributed by atoms with Crippen LogP contribution in [0.5, 0.6) is 0 Å². The summed E-state index contributed by atoms with van der Waals surface area (Å²) in [6.45, 7) is 0.669. The lowest BCUT2D eigenvalue weighted by molar-refractivity contribution is 0.0677. The highest BCUT2D eigenvalue weighted by molar-refractivity contribution is 6.32. The van der Waals surface area contributed by atoms with E-state index in [2.05, 4.69) is 11.8 Å². The summed E-state index contributed by atoms with van der Waals surface area (Å²) in [7, 11) is 0. The van der Waals surface area contributed by atoms with Crippen molar-refractivity contribution in [2.24, 2.45) is 0 Å². The first-order chi connectivity index (χ1) is 10.2. The maximum absolute atomic E-state index is 12.4. The highest BCUT2D eigenvalue weighted by Gasteiger charge is 2.28. The van der Waals surface area contributed by atoms with E-state index in [-0.39, 0.29) is 25.2 Å². The molecule has 1 aliphatic heterocycles. The summed E-state index contributed by atoms with van der Waals surface area (Å²) >= 11 is 6.14. The lowest BCUT2D eigenvalue weighted by atomic mass is 10.1. The van der Waals surface area contributed by atoms with Gasteiger partial charge in [0, 0.05) is 24.1 Å². The molecule has 112 valence electrons. The second-order valence-electron chi connectivity index (χ2n) is 4.95. The molecule has 0 aromatic heterocycles. The largest absolute Gasteiger partial charge is 0.395 e. The molecule has 1 aromatic carbocycles. The predicted octanol–water partition coefficient (Wildman–Crippen LogP) is 1.67. The normalized spacial score (nSPS) is 17.5. The Morgan fingerprint density at radius 3 is 2.90 bits per heavy atom. The smallest absolute Gasteiger partial charge is 0.254 e. The molecule has 4 nitrogen and oxygen atoms in total. The van der Waals surface area contributed by atoms with Crippen molar-refractivity contribution in [3.05, 3.63) is 34.3 Å².